The van der Waals surface area contributed by atoms with Crippen molar-refractivity contribution in [3.05, 3.63) is 12.0 Å². The fraction of sp³-hybridized carbons (Fsp3) is 0.643. The molecule has 7 nitrogen and oxygen atoms in total. The monoisotopic (exact) mass is 292 g/mol. The third-order valence-corrected chi connectivity index (χ3v) is 3.05. The maximum atomic E-state index is 9.88. The molecule has 0 aliphatic carbocycles. The molecule has 0 bridgehead atoms. The Hall–Kier alpha value is -1.73. The molecule has 2 rings (SSSR count). The SMILES string of the molecule is CCNc1nc(CN(C)CC(C)(C)O)nc2c1cnn2C. The van der Waals surface area contributed by atoms with E-state index in [1.807, 2.05) is 25.9 Å². The van der Waals surface area contributed by atoms with Crippen LogP contribution in [-0.4, -0.2) is 55.5 Å². The second-order valence-electron chi connectivity index (χ2n) is 6.01. The molecule has 2 aromatic rings. The molecule has 0 aliphatic heterocycles. The van der Waals surface area contributed by atoms with Gasteiger partial charge in [0.1, 0.15) is 11.6 Å². The van der Waals surface area contributed by atoms with Crippen molar-refractivity contribution in [2.45, 2.75) is 32.9 Å². The van der Waals surface area contributed by atoms with Gasteiger partial charge in [0, 0.05) is 20.1 Å². The summed E-state index contributed by atoms with van der Waals surface area (Å²) < 4.78 is 1.75. The Labute approximate surface area is 125 Å². The molecule has 2 heterocycles. The van der Waals surface area contributed by atoms with Crippen LogP contribution in [0.2, 0.25) is 0 Å². The van der Waals surface area contributed by atoms with Crippen LogP contribution in [0.25, 0.3) is 11.0 Å². The number of likely N-dealkylation sites (N-methyl/N-ethyl adjacent to an activating group) is 1. The lowest BCUT2D eigenvalue weighted by atomic mass is 10.1. The summed E-state index contributed by atoms with van der Waals surface area (Å²) in [6.07, 6.45) is 1.78. The lowest BCUT2D eigenvalue weighted by Crippen LogP contribution is -2.36. The summed E-state index contributed by atoms with van der Waals surface area (Å²) in [5.41, 5.74) is 0.0724. The zero-order valence-electron chi connectivity index (χ0n) is 13.4. The normalized spacial score (nSPS) is 12.3. The van der Waals surface area contributed by atoms with E-state index in [2.05, 4.69) is 20.4 Å². The minimum absolute atomic E-state index is 0.552. The molecular weight excluding hydrogens is 268 g/mol. The number of fused-ring (bicyclic) bond motifs is 1. The fourth-order valence-electron chi connectivity index (χ4n) is 2.40. The lowest BCUT2D eigenvalue weighted by molar-refractivity contribution is 0.0418. The number of anilines is 1. The predicted molar refractivity (Wildman–Crippen MR) is 83.1 cm³/mol. The van der Waals surface area contributed by atoms with E-state index < -0.39 is 5.60 Å². The van der Waals surface area contributed by atoms with Crippen molar-refractivity contribution in [1.29, 1.82) is 0 Å². The van der Waals surface area contributed by atoms with Crippen LogP contribution in [0, 0.1) is 0 Å². The fourth-order valence-corrected chi connectivity index (χ4v) is 2.40. The summed E-state index contributed by atoms with van der Waals surface area (Å²) in [6, 6.07) is 0. The van der Waals surface area contributed by atoms with Gasteiger partial charge in [-0.3, -0.25) is 9.58 Å². The first kappa shape index (κ1) is 15.7. The second-order valence-corrected chi connectivity index (χ2v) is 6.01. The summed E-state index contributed by atoms with van der Waals surface area (Å²) >= 11 is 0. The molecule has 0 saturated heterocycles. The molecular formula is C14H24N6O. The first-order valence-electron chi connectivity index (χ1n) is 7.13. The predicted octanol–water partition coefficient (Wildman–Crippen LogP) is 0.998. The highest BCUT2D eigenvalue weighted by molar-refractivity contribution is 5.86. The molecule has 7 heteroatoms. The number of aromatic nitrogens is 4. The van der Waals surface area contributed by atoms with Gasteiger partial charge < -0.3 is 10.4 Å². The summed E-state index contributed by atoms with van der Waals surface area (Å²) in [6.45, 7) is 7.53. The average Bonchev–Trinajstić information content (AvgIpc) is 2.69. The van der Waals surface area contributed by atoms with Crippen molar-refractivity contribution in [3.63, 3.8) is 0 Å². The standard InChI is InChI=1S/C14H24N6O/c1-6-15-12-10-7-16-20(5)13(10)18-11(17-12)8-19(4)9-14(2,3)21/h7,21H,6,8-9H2,1-5H3,(H,15,17,18). The van der Waals surface area contributed by atoms with Gasteiger partial charge in [0.25, 0.3) is 0 Å². The van der Waals surface area contributed by atoms with E-state index in [4.69, 9.17) is 0 Å². The lowest BCUT2D eigenvalue weighted by Gasteiger charge is -2.24. The number of hydrogen-bond donors (Lipinski definition) is 2. The quantitative estimate of drug-likeness (QED) is 0.827. The van der Waals surface area contributed by atoms with Crippen LogP contribution in [0.15, 0.2) is 6.20 Å². The van der Waals surface area contributed by atoms with E-state index in [1.54, 1.807) is 24.7 Å². The molecule has 0 atom stereocenters. The van der Waals surface area contributed by atoms with Crippen LogP contribution in [0.5, 0.6) is 0 Å². The van der Waals surface area contributed by atoms with Crippen LogP contribution >= 0.6 is 0 Å². The maximum absolute atomic E-state index is 9.88. The zero-order chi connectivity index (χ0) is 15.6. The van der Waals surface area contributed by atoms with Gasteiger partial charge in [-0.25, -0.2) is 9.97 Å². The average molecular weight is 292 g/mol. The molecule has 116 valence electrons. The smallest absolute Gasteiger partial charge is 0.163 e. The number of rotatable bonds is 6. The summed E-state index contributed by atoms with van der Waals surface area (Å²) in [7, 11) is 3.82. The van der Waals surface area contributed by atoms with Gasteiger partial charge in [0.05, 0.1) is 23.7 Å². The van der Waals surface area contributed by atoms with Gasteiger partial charge in [-0.15, -0.1) is 0 Å². The van der Waals surface area contributed by atoms with Crippen molar-refractivity contribution in [2.24, 2.45) is 7.05 Å². The van der Waals surface area contributed by atoms with E-state index in [1.165, 1.54) is 0 Å². The topological polar surface area (TPSA) is 79.1 Å². The molecule has 0 spiro atoms. The van der Waals surface area contributed by atoms with Gasteiger partial charge >= 0.3 is 0 Å². The highest BCUT2D eigenvalue weighted by Crippen LogP contribution is 2.20. The van der Waals surface area contributed by atoms with E-state index in [0.29, 0.717) is 18.9 Å². The second kappa shape index (κ2) is 5.95. The highest BCUT2D eigenvalue weighted by atomic mass is 16.3. The highest BCUT2D eigenvalue weighted by Gasteiger charge is 2.17. The van der Waals surface area contributed by atoms with Gasteiger partial charge in [-0.1, -0.05) is 0 Å². The third kappa shape index (κ3) is 3.89. The Bertz CT molecular complexity index is 616. The molecule has 2 N–H and O–H groups in total. The van der Waals surface area contributed by atoms with E-state index in [-0.39, 0.29) is 0 Å². The molecule has 0 aliphatic rings. The van der Waals surface area contributed by atoms with Crippen LogP contribution in [0.4, 0.5) is 5.82 Å². The molecule has 0 aromatic carbocycles. The number of aryl methyl sites for hydroxylation is 1. The molecule has 21 heavy (non-hydrogen) atoms. The first-order chi connectivity index (χ1) is 9.80. The Morgan fingerprint density at radius 1 is 1.38 bits per heavy atom. The van der Waals surface area contributed by atoms with Crippen molar-refractivity contribution in [2.75, 3.05) is 25.5 Å². The van der Waals surface area contributed by atoms with Crippen molar-refractivity contribution < 1.29 is 5.11 Å². The maximum Gasteiger partial charge on any atom is 0.163 e. The van der Waals surface area contributed by atoms with E-state index in [0.717, 1.165) is 23.4 Å². The van der Waals surface area contributed by atoms with Crippen LogP contribution in [0.3, 0.4) is 0 Å². The van der Waals surface area contributed by atoms with Gasteiger partial charge in [-0.2, -0.15) is 5.10 Å². The molecule has 0 unspecified atom stereocenters. The minimum Gasteiger partial charge on any atom is -0.389 e. The van der Waals surface area contributed by atoms with E-state index >= 15 is 0 Å². The van der Waals surface area contributed by atoms with Crippen LogP contribution in [0.1, 0.15) is 26.6 Å². The molecule has 2 aromatic heterocycles. The van der Waals surface area contributed by atoms with E-state index in [9.17, 15) is 5.11 Å². The Balaban J connectivity index is 2.29. The van der Waals surface area contributed by atoms with Crippen molar-refractivity contribution >= 4 is 16.9 Å². The number of aliphatic hydroxyl groups is 1. The number of nitrogens with one attached hydrogen (secondary N) is 1. The summed E-state index contributed by atoms with van der Waals surface area (Å²) in [4.78, 5) is 11.2. The Morgan fingerprint density at radius 2 is 2.10 bits per heavy atom. The van der Waals surface area contributed by atoms with Crippen molar-refractivity contribution in [1.82, 2.24) is 24.6 Å². The van der Waals surface area contributed by atoms with Gasteiger partial charge in [0.2, 0.25) is 0 Å². The zero-order valence-corrected chi connectivity index (χ0v) is 13.4. The Kier molecular flexibility index (Phi) is 4.43. The Morgan fingerprint density at radius 3 is 2.71 bits per heavy atom. The summed E-state index contributed by atoms with van der Waals surface area (Å²) in [5.74, 6) is 1.52. The van der Waals surface area contributed by atoms with Gasteiger partial charge in [0.15, 0.2) is 5.65 Å². The van der Waals surface area contributed by atoms with Crippen molar-refractivity contribution in [3.8, 4) is 0 Å². The molecule has 0 radical (unpaired) electrons. The summed E-state index contributed by atoms with van der Waals surface area (Å²) in [5, 5.41) is 18.3. The third-order valence-electron chi connectivity index (χ3n) is 3.05. The number of nitrogens with zero attached hydrogens (tertiary/aromatic N) is 5. The largest absolute Gasteiger partial charge is 0.389 e. The first-order valence-corrected chi connectivity index (χ1v) is 7.13. The van der Waals surface area contributed by atoms with Gasteiger partial charge in [-0.05, 0) is 27.8 Å². The van der Waals surface area contributed by atoms with Crippen LogP contribution < -0.4 is 5.32 Å². The molecule has 0 saturated carbocycles. The number of hydrogen-bond acceptors (Lipinski definition) is 6. The molecule has 0 fully saturated rings. The molecule has 0 amide bonds. The minimum atomic E-state index is -0.740. The van der Waals surface area contributed by atoms with Crippen LogP contribution in [-0.2, 0) is 13.6 Å².